The summed E-state index contributed by atoms with van der Waals surface area (Å²) < 4.78 is 38.2. The van der Waals surface area contributed by atoms with Crippen LogP contribution in [-0.4, -0.2) is 53.6 Å². The van der Waals surface area contributed by atoms with Crippen LogP contribution in [0.25, 0.3) is 0 Å². The molecule has 1 aliphatic rings. The molecule has 6 rings (SSSR count). The van der Waals surface area contributed by atoms with Crippen LogP contribution in [0.5, 0.6) is 11.5 Å². The Labute approximate surface area is 286 Å². The molecule has 0 saturated carbocycles. The van der Waals surface area contributed by atoms with E-state index in [1.807, 2.05) is 78.9 Å². The van der Waals surface area contributed by atoms with Crippen LogP contribution in [0.2, 0.25) is 0 Å². The molecule has 2 heterocycles. The summed E-state index contributed by atoms with van der Waals surface area (Å²) in [7, 11) is 3.18. The number of benzene rings is 4. The van der Waals surface area contributed by atoms with Gasteiger partial charge in [0.25, 0.3) is 11.5 Å². The number of carbonyl (C=O) groups excluding carboxylic acids is 1. The summed E-state index contributed by atoms with van der Waals surface area (Å²) in [5.74, 6) is 0.169. The summed E-state index contributed by atoms with van der Waals surface area (Å²) in [6, 6.07) is 30.2. The van der Waals surface area contributed by atoms with Crippen LogP contribution in [0.4, 0.5) is 4.39 Å². The Morgan fingerprint density at radius 1 is 0.900 bits per heavy atom. The zero-order chi connectivity index (χ0) is 35.3. The third-order valence-corrected chi connectivity index (χ3v) is 8.73. The van der Waals surface area contributed by atoms with E-state index in [1.165, 1.54) is 24.3 Å². The van der Waals surface area contributed by atoms with E-state index in [9.17, 15) is 23.9 Å². The molecule has 0 aliphatic carbocycles. The molecule has 258 valence electrons. The number of aromatic nitrogens is 2. The predicted molar refractivity (Wildman–Crippen MR) is 182 cm³/mol. The molecule has 12 heteroatoms. The lowest BCUT2D eigenvalue weighted by molar-refractivity contribution is -0.0944. The third kappa shape index (κ3) is 7.08. The van der Waals surface area contributed by atoms with Gasteiger partial charge in [-0.1, -0.05) is 66.7 Å². The number of hydrogen-bond donors (Lipinski definition) is 3. The molecule has 0 unspecified atom stereocenters. The SMILES string of the molecule is COc1ccc(C(OC[C@H]2O[C@@H](n3cc(C(=O)NCc4ccc(F)cc4)c(=O)[nH]c3=O)C[C@@H]2O)(c2ccccc2)c2ccc(OC)cc2)cc1. The summed E-state index contributed by atoms with van der Waals surface area (Å²) in [4.78, 5) is 40.7. The van der Waals surface area contributed by atoms with Gasteiger partial charge in [0.05, 0.1) is 26.9 Å². The number of nitrogens with one attached hydrogen (secondary N) is 2. The first-order chi connectivity index (χ1) is 24.2. The molecule has 0 radical (unpaired) electrons. The lowest BCUT2D eigenvalue weighted by atomic mass is 9.80. The number of aliphatic hydroxyl groups is 1. The number of rotatable bonds is 12. The van der Waals surface area contributed by atoms with Crippen molar-refractivity contribution in [2.24, 2.45) is 0 Å². The molecule has 50 heavy (non-hydrogen) atoms. The molecule has 3 N–H and O–H groups in total. The molecule has 0 bridgehead atoms. The van der Waals surface area contributed by atoms with Gasteiger partial charge >= 0.3 is 5.69 Å². The molecule has 5 aromatic rings. The van der Waals surface area contributed by atoms with E-state index in [4.69, 9.17) is 18.9 Å². The van der Waals surface area contributed by atoms with Gasteiger partial charge in [-0.15, -0.1) is 0 Å². The highest BCUT2D eigenvalue weighted by Crippen LogP contribution is 2.42. The Morgan fingerprint density at radius 3 is 2.06 bits per heavy atom. The molecular formula is C38H36FN3O8. The quantitative estimate of drug-likeness (QED) is 0.166. The van der Waals surface area contributed by atoms with Gasteiger partial charge in [-0.05, 0) is 58.7 Å². The van der Waals surface area contributed by atoms with E-state index in [-0.39, 0.29) is 25.1 Å². The predicted octanol–water partition coefficient (Wildman–Crippen LogP) is 4.28. The first kappa shape index (κ1) is 34.3. The summed E-state index contributed by atoms with van der Waals surface area (Å²) in [6.07, 6.45) is -1.87. The molecular weight excluding hydrogens is 645 g/mol. The maximum Gasteiger partial charge on any atom is 0.330 e. The number of halogens is 1. The van der Waals surface area contributed by atoms with Crippen LogP contribution in [0.1, 0.15) is 45.3 Å². The highest BCUT2D eigenvalue weighted by Gasteiger charge is 2.42. The van der Waals surface area contributed by atoms with Crippen molar-refractivity contribution in [3.8, 4) is 11.5 Å². The number of aliphatic hydroxyl groups excluding tert-OH is 1. The van der Waals surface area contributed by atoms with Gasteiger partial charge in [0, 0.05) is 19.2 Å². The lowest BCUT2D eigenvalue weighted by Crippen LogP contribution is -2.39. The van der Waals surface area contributed by atoms with E-state index < -0.39 is 47.0 Å². The second-order valence-electron chi connectivity index (χ2n) is 11.8. The van der Waals surface area contributed by atoms with Gasteiger partial charge in [-0.25, -0.2) is 9.18 Å². The maximum atomic E-state index is 13.3. The van der Waals surface area contributed by atoms with Crippen molar-refractivity contribution in [1.82, 2.24) is 14.9 Å². The van der Waals surface area contributed by atoms with Crippen molar-refractivity contribution in [3.63, 3.8) is 0 Å². The van der Waals surface area contributed by atoms with Gasteiger partial charge in [-0.2, -0.15) is 0 Å². The van der Waals surface area contributed by atoms with Crippen molar-refractivity contribution >= 4 is 5.91 Å². The molecule has 4 aromatic carbocycles. The zero-order valence-electron chi connectivity index (χ0n) is 27.4. The molecule has 3 atom stereocenters. The number of H-pyrrole nitrogens is 1. The first-order valence-corrected chi connectivity index (χ1v) is 15.9. The van der Waals surface area contributed by atoms with Gasteiger partial charge in [0.2, 0.25) is 0 Å². The second kappa shape index (κ2) is 14.9. The van der Waals surface area contributed by atoms with Crippen LogP contribution in [-0.2, 0) is 21.6 Å². The fourth-order valence-corrected chi connectivity index (χ4v) is 6.06. The normalized spacial score (nSPS) is 17.3. The fourth-order valence-electron chi connectivity index (χ4n) is 6.06. The molecule has 11 nitrogen and oxygen atoms in total. The van der Waals surface area contributed by atoms with Crippen molar-refractivity contribution in [2.45, 2.75) is 37.0 Å². The minimum Gasteiger partial charge on any atom is -0.497 e. The van der Waals surface area contributed by atoms with Gasteiger partial charge in [0.1, 0.15) is 40.8 Å². The summed E-state index contributed by atoms with van der Waals surface area (Å²) in [5.41, 5.74) is -0.193. The number of methoxy groups -OCH3 is 2. The molecule has 1 aromatic heterocycles. The van der Waals surface area contributed by atoms with Crippen LogP contribution in [0.15, 0.2) is 119 Å². The standard InChI is InChI=1S/C38H36FN3O8/c1-47-29-16-10-26(11-17-29)38(25-6-4-3-5-7-25,27-12-18-30(48-2)19-13-27)49-23-33-32(43)20-34(50-33)42-22-31(36(45)41-37(42)46)35(44)40-21-24-8-14-28(39)15-9-24/h3-19,22,32-34,43H,20-21,23H2,1-2H3,(H,40,44)(H,41,45,46)/t32-,33+,34+/m0/s1. The summed E-state index contributed by atoms with van der Waals surface area (Å²) >= 11 is 0. The first-order valence-electron chi connectivity index (χ1n) is 15.9. The molecule has 1 amide bonds. The number of hydrogen-bond acceptors (Lipinski definition) is 8. The van der Waals surface area contributed by atoms with E-state index in [0.717, 1.165) is 27.5 Å². The molecule has 1 saturated heterocycles. The van der Waals surface area contributed by atoms with Gasteiger partial charge in [-0.3, -0.25) is 19.1 Å². The van der Waals surface area contributed by atoms with Crippen LogP contribution in [0.3, 0.4) is 0 Å². The van der Waals surface area contributed by atoms with E-state index >= 15 is 0 Å². The number of aromatic amines is 1. The topological polar surface area (TPSA) is 141 Å². The maximum absolute atomic E-state index is 13.3. The number of carbonyl (C=O) groups is 1. The van der Waals surface area contributed by atoms with Gasteiger partial charge in [0.15, 0.2) is 0 Å². The minimum absolute atomic E-state index is 0.0139. The highest BCUT2D eigenvalue weighted by atomic mass is 19.1. The largest absolute Gasteiger partial charge is 0.497 e. The minimum atomic E-state index is -1.18. The average Bonchev–Trinajstić information content (AvgIpc) is 3.52. The number of nitrogens with zero attached hydrogens (tertiary/aromatic N) is 1. The highest BCUT2D eigenvalue weighted by molar-refractivity contribution is 5.93. The van der Waals surface area contributed by atoms with Gasteiger partial charge < -0.3 is 29.4 Å². The monoisotopic (exact) mass is 681 g/mol. The number of amides is 1. The Morgan fingerprint density at radius 2 is 1.48 bits per heavy atom. The average molecular weight is 682 g/mol. The smallest absolute Gasteiger partial charge is 0.330 e. The van der Waals surface area contributed by atoms with Crippen molar-refractivity contribution in [1.29, 1.82) is 0 Å². The van der Waals surface area contributed by atoms with Crippen LogP contribution >= 0.6 is 0 Å². The van der Waals surface area contributed by atoms with E-state index in [0.29, 0.717) is 17.1 Å². The third-order valence-electron chi connectivity index (χ3n) is 8.73. The van der Waals surface area contributed by atoms with Crippen LogP contribution in [0, 0.1) is 5.82 Å². The van der Waals surface area contributed by atoms with Crippen molar-refractivity contribution in [3.05, 3.63) is 164 Å². The summed E-state index contributed by atoms with van der Waals surface area (Å²) in [6.45, 7) is -0.0744. The molecule has 0 spiro atoms. The Balaban J connectivity index is 1.28. The van der Waals surface area contributed by atoms with E-state index in [2.05, 4.69) is 10.3 Å². The Hall–Kier alpha value is -5.56. The summed E-state index contributed by atoms with van der Waals surface area (Å²) in [5, 5.41) is 13.8. The number of ether oxygens (including phenoxy) is 4. The lowest BCUT2D eigenvalue weighted by Gasteiger charge is -2.37. The molecule has 1 fully saturated rings. The second-order valence-corrected chi connectivity index (χ2v) is 11.8. The zero-order valence-corrected chi connectivity index (χ0v) is 27.4. The van der Waals surface area contributed by atoms with Crippen molar-refractivity contribution in [2.75, 3.05) is 20.8 Å². The van der Waals surface area contributed by atoms with Crippen molar-refractivity contribution < 1.29 is 33.2 Å². The molecule has 1 aliphatic heterocycles. The Kier molecular flexibility index (Phi) is 10.2. The Bertz CT molecular complexity index is 1980. The fraction of sp³-hybridized carbons (Fsp3) is 0.237. The van der Waals surface area contributed by atoms with Crippen LogP contribution < -0.4 is 26.0 Å². The van der Waals surface area contributed by atoms with E-state index in [1.54, 1.807) is 14.2 Å².